The standard InChI is InChI=1S/C10H19F3N2O5S/c1-15(2,6-8(16)7-21(18,19)20)5-3-4-14-9(17)10(11,12)13/h8,16H,3-7H2,1-2H3,(H-,14,17,18,19,20). The molecule has 0 bridgehead atoms. The van der Waals surface area contributed by atoms with Crippen LogP contribution < -0.4 is 5.32 Å². The van der Waals surface area contributed by atoms with E-state index in [-0.39, 0.29) is 30.5 Å². The Kier molecular flexibility index (Phi) is 7.06. The molecule has 0 fully saturated rings. The number of amides is 1. The minimum atomic E-state index is -4.93. The van der Waals surface area contributed by atoms with Crippen LogP contribution in [0.5, 0.6) is 0 Å². The van der Waals surface area contributed by atoms with Crippen LogP contribution in [0.2, 0.25) is 0 Å². The second-order valence-electron chi connectivity index (χ2n) is 5.33. The number of hydrogen-bond donors (Lipinski definition) is 2. The van der Waals surface area contributed by atoms with Gasteiger partial charge < -0.3 is 19.5 Å². The third kappa shape index (κ3) is 10.5. The first-order valence-corrected chi connectivity index (χ1v) is 7.59. The lowest BCUT2D eigenvalue weighted by Gasteiger charge is -2.32. The van der Waals surface area contributed by atoms with Gasteiger partial charge in [-0.25, -0.2) is 8.42 Å². The van der Waals surface area contributed by atoms with E-state index in [1.54, 1.807) is 19.4 Å². The Bertz CT molecular complexity index is 450. The van der Waals surface area contributed by atoms with Crippen molar-refractivity contribution in [2.45, 2.75) is 18.7 Å². The van der Waals surface area contributed by atoms with E-state index in [1.165, 1.54) is 0 Å². The molecule has 0 spiro atoms. The van der Waals surface area contributed by atoms with Gasteiger partial charge in [-0.15, -0.1) is 0 Å². The molecule has 2 N–H and O–H groups in total. The normalized spacial score (nSPS) is 14.8. The molecule has 0 aliphatic carbocycles. The molecule has 126 valence electrons. The molecule has 0 aromatic heterocycles. The fourth-order valence-electron chi connectivity index (χ4n) is 1.76. The Balaban J connectivity index is 4.11. The summed E-state index contributed by atoms with van der Waals surface area (Å²) in [6.45, 7) is 0.0404. The fourth-order valence-corrected chi connectivity index (χ4v) is 2.34. The van der Waals surface area contributed by atoms with Gasteiger partial charge in [0, 0.05) is 13.0 Å². The molecule has 0 heterocycles. The van der Waals surface area contributed by atoms with Gasteiger partial charge in [0.25, 0.3) is 0 Å². The second kappa shape index (κ2) is 7.38. The van der Waals surface area contributed by atoms with E-state index in [1.807, 2.05) is 0 Å². The number of halogens is 3. The number of quaternary nitrogens is 1. The van der Waals surface area contributed by atoms with E-state index in [0.717, 1.165) is 0 Å². The highest BCUT2D eigenvalue weighted by atomic mass is 32.2. The predicted molar refractivity (Wildman–Crippen MR) is 66.1 cm³/mol. The van der Waals surface area contributed by atoms with Crippen LogP contribution in [0, 0.1) is 0 Å². The largest absolute Gasteiger partial charge is 0.748 e. The molecule has 21 heavy (non-hydrogen) atoms. The minimum Gasteiger partial charge on any atom is -0.748 e. The van der Waals surface area contributed by atoms with Crippen molar-refractivity contribution in [3.8, 4) is 0 Å². The maximum absolute atomic E-state index is 11.9. The van der Waals surface area contributed by atoms with Gasteiger partial charge in [0.2, 0.25) is 0 Å². The van der Waals surface area contributed by atoms with E-state index in [4.69, 9.17) is 0 Å². The van der Waals surface area contributed by atoms with Gasteiger partial charge in [-0.3, -0.25) is 4.79 Å². The molecule has 0 saturated heterocycles. The van der Waals surface area contributed by atoms with Crippen molar-refractivity contribution in [3.63, 3.8) is 0 Å². The summed E-state index contributed by atoms with van der Waals surface area (Å²) in [6.07, 6.45) is -6.08. The molecule has 7 nitrogen and oxygen atoms in total. The van der Waals surface area contributed by atoms with Crippen LogP contribution in [0.4, 0.5) is 13.2 Å². The van der Waals surface area contributed by atoms with Crippen LogP contribution in [0.15, 0.2) is 0 Å². The van der Waals surface area contributed by atoms with Gasteiger partial charge in [0.05, 0.1) is 36.5 Å². The third-order valence-corrected chi connectivity index (χ3v) is 3.38. The summed E-state index contributed by atoms with van der Waals surface area (Å²) < 4.78 is 67.3. The van der Waals surface area contributed by atoms with Gasteiger partial charge in [-0.1, -0.05) is 0 Å². The Morgan fingerprint density at radius 3 is 2.33 bits per heavy atom. The molecule has 0 aliphatic rings. The molecular formula is C10H19F3N2O5S. The van der Waals surface area contributed by atoms with Crippen LogP contribution in [0.1, 0.15) is 6.42 Å². The summed E-state index contributed by atoms with van der Waals surface area (Å²) in [6, 6.07) is 0. The summed E-state index contributed by atoms with van der Waals surface area (Å²) in [5, 5.41) is 11.2. The maximum Gasteiger partial charge on any atom is 0.471 e. The monoisotopic (exact) mass is 336 g/mol. The highest BCUT2D eigenvalue weighted by Crippen LogP contribution is 2.14. The average molecular weight is 336 g/mol. The summed E-state index contributed by atoms with van der Waals surface area (Å²) >= 11 is 0. The molecule has 0 rings (SSSR count). The van der Waals surface area contributed by atoms with E-state index in [9.17, 15) is 36.0 Å². The number of rotatable bonds is 8. The number of nitrogens with one attached hydrogen (secondary N) is 1. The first-order chi connectivity index (χ1) is 9.23. The maximum atomic E-state index is 11.9. The number of likely N-dealkylation sites (N-methyl/N-ethyl adjacent to an activating group) is 1. The molecule has 0 aliphatic heterocycles. The lowest BCUT2D eigenvalue weighted by molar-refractivity contribution is -0.893. The zero-order valence-electron chi connectivity index (χ0n) is 11.7. The van der Waals surface area contributed by atoms with Crippen molar-refractivity contribution in [1.82, 2.24) is 5.32 Å². The smallest absolute Gasteiger partial charge is 0.471 e. The molecule has 0 saturated carbocycles. The summed E-state index contributed by atoms with van der Waals surface area (Å²) in [4.78, 5) is 10.5. The highest BCUT2D eigenvalue weighted by molar-refractivity contribution is 7.85. The molecular weight excluding hydrogens is 317 g/mol. The first-order valence-electron chi connectivity index (χ1n) is 6.01. The number of aliphatic hydroxyl groups is 1. The summed E-state index contributed by atoms with van der Waals surface area (Å²) in [5.41, 5.74) is 0. The van der Waals surface area contributed by atoms with E-state index >= 15 is 0 Å². The Hall–Kier alpha value is -0.910. The molecule has 0 aromatic rings. The number of alkyl halides is 3. The van der Waals surface area contributed by atoms with Crippen molar-refractivity contribution in [2.75, 3.05) is 39.5 Å². The Labute approximate surface area is 121 Å². The number of hydrogen-bond acceptors (Lipinski definition) is 5. The highest BCUT2D eigenvalue weighted by Gasteiger charge is 2.38. The quantitative estimate of drug-likeness (QED) is 0.337. The van der Waals surface area contributed by atoms with Crippen molar-refractivity contribution in [1.29, 1.82) is 0 Å². The van der Waals surface area contributed by atoms with Crippen molar-refractivity contribution < 1.29 is 40.5 Å². The fraction of sp³-hybridized carbons (Fsp3) is 0.900. The van der Waals surface area contributed by atoms with Crippen LogP contribution in [-0.2, 0) is 14.9 Å². The zero-order valence-corrected chi connectivity index (χ0v) is 12.5. The van der Waals surface area contributed by atoms with Gasteiger partial charge in [-0.2, -0.15) is 13.2 Å². The first kappa shape index (κ1) is 20.1. The SMILES string of the molecule is C[N+](C)(CCCNC(=O)C(F)(F)F)CC(O)CS(=O)(=O)[O-]. The van der Waals surface area contributed by atoms with E-state index in [2.05, 4.69) is 0 Å². The molecule has 1 amide bonds. The molecule has 1 unspecified atom stereocenters. The minimum absolute atomic E-state index is 0.0469. The van der Waals surface area contributed by atoms with Gasteiger partial charge in [-0.05, 0) is 0 Å². The number of aliphatic hydroxyl groups excluding tert-OH is 1. The van der Waals surface area contributed by atoms with Crippen molar-refractivity contribution >= 4 is 16.0 Å². The molecule has 0 radical (unpaired) electrons. The van der Waals surface area contributed by atoms with E-state index < -0.39 is 34.1 Å². The topological polar surface area (TPSA) is 107 Å². The van der Waals surface area contributed by atoms with Crippen molar-refractivity contribution in [3.05, 3.63) is 0 Å². The molecule has 0 aromatic carbocycles. The van der Waals surface area contributed by atoms with Gasteiger partial charge in [0.15, 0.2) is 0 Å². The lowest BCUT2D eigenvalue weighted by Crippen LogP contribution is -2.48. The van der Waals surface area contributed by atoms with Crippen LogP contribution >= 0.6 is 0 Å². The summed E-state index contributed by atoms with van der Waals surface area (Å²) in [5.74, 6) is -2.94. The van der Waals surface area contributed by atoms with Crippen LogP contribution in [-0.4, -0.2) is 80.2 Å². The zero-order chi connectivity index (χ0) is 16.9. The average Bonchev–Trinajstić information content (AvgIpc) is 2.18. The molecule has 1 atom stereocenters. The van der Waals surface area contributed by atoms with E-state index in [0.29, 0.717) is 0 Å². The Morgan fingerprint density at radius 1 is 1.38 bits per heavy atom. The van der Waals surface area contributed by atoms with Gasteiger partial charge in [0.1, 0.15) is 12.6 Å². The van der Waals surface area contributed by atoms with Crippen LogP contribution in [0.3, 0.4) is 0 Å². The lowest BCUT2D eigenvalue weighted by atomic mass is 10.3. The van der Waals surface area contributed by atoms with Crippen molar-refractivity contribution in [2.24, 2.45) is 0 Å². The van der Waals surface area contributed by atoms with Gasteiger partial charge >= 0.3 is 12.1 Å². The Morgan fingerprint density at radius 2 is 1.90 bits per heavy atom. The predicted octanol–water partition coefficient (Wildman–Crippen LogP) is -0.962. The summed E-state index contributed by atoms with van der Waals surface area (Å²) in [7, 11) is -1.31. The second-order valence-corrected chi connectivity index (χ2v) is 6.78. The molecule has 11 heteroatoms. The third-order valence-electron chi connectivity index (χ3n) is 2.58. The number of carbonyl (C=O) groups is 1. The van der Waals surface area contributed by atoms with Crippen LogP contribution in [0.25, 0.3) is 0 Å². The number of carbonyl (C=O) groups excluding carboxylic acids is 1. The number of nitrogens with zero attached hydrogens (tertiary/aromatic N) is 1.